The van der Waals surface area contributed by atoms with Gasteiger partial charge in [-0.25, -0.2) is 0 Å². The van der Waals surface area contributed by atoms with E-state index < -0.39 is 0 Å². The molecule has 0 amide bonds. The molecule has 7 aromatic carbocycles. The maximum absolute atomic E-state index is 6.79. The van der Waals surface area contributed by atoms with Crippen LogP contribution in [-0.4, -0.2) is 4.40 Å². The molecule has 0 atom stereocenters. The van der Waals surface area contributed by atoms with E-state index in [1.54, 1.807) is 0 Å². The first-order valence-electron chi connectivity index (χ1n) is 17.4. The summed E-state index contributed by atoms with van der Waals surface area (Å²) >= 11 is 0. The third-order valence-corrected chi connectivity index (χ3v) is 10.9. The molecule has 0 bridgehead atoms. The minimum Gasteiger partial charge on any atom is -0.454 e. The summed E-state index contributed by atoms with van der Waals surface area (Å²) in [5.74, 6) is 0. The van der Waals surface area contributed by atoms with Gasteiger partial charge in [0, 0.05) is 43.6 Å². The van der Waals surface area contributed by atoms with Gasteiger partial charge in [0.05, 0.1) is 27.9 Å². The van der Waals surface area contributed by atoms with E-state index in [0.717, 1.165) is 46.2 Å². The maximum atomic E-state index is 6.79. The predicted octanol–water partition coefficient (Wildman–Crippen LogP) is 12.8. The third-order valence-electron chi connectivity index (χ3n) is 10.9. The van der Waals surface area contributed by atoms with Gasteiger partial charge in [-0.2, -0.15) is 0 Å². The molecular formula is C46H32N2O. The van der Waals surface area contributed by atoms with Gasteiger partial charge >= 0.3 is 0 Å². The number of benzene rings is 7. The highest BCUT2D eigenvalue weighted by Gasteiger charge is 2.27. The molecular weight excluding hydrogens is 597 g/mol. The van der Waals surface area contributed by atoms with Crippen LogP contribution in [-0.2, 0) is 12.8 Å². The second kappa shape index (κ2) is 10.2. The summed E-state index contributed by atoms with van der Waals surface area (Å²) in [6.45, 7) is 0. The van der Waals surface area contributed by atoms with Crippen molar-refractivity contribution in [3.63, 3.8) is 0 Å². The van der Waals surface area contributed by atoms with E-state index in [2.05, 4.69) is 155 Å². The van der Waals surface area contributed by atoms with Crippen LogP contribution in [0.2, 0.25) is 0 Å². The van der Waals surface area contributed by atoms with Gasteiger partial charge in [0.1, 0.15) is 5.58 Å². The second-order valence-electron chi connectivity index (χ2n) is 13.5. The van der Waals surface area contributed by atoms with Gasteiger partial charge in [0.2, 0.25) is 0 Å². The van der Waals surface area contributed by atoms with E-state index >= 15 is 0 Å². The molecule has 3 heteroatoms. The van der Waals surface area contributed by atoms with Crippen molar-refractivity contribution < 1.29 is 4.42 Å². The Kier molecular flexibility index (Phi) is 5.62. The molecule has 0 spiro atoms. The lowest BCUT2D eigenvalue weighted by Crippen LogP contribution is -2.14. The number of aromatic nitrogens is 1. The Labute approximate surface area is 283 Å². The molecule has 11 rings (SSSR count). The fraction of sp³-hybridized carbons (Fsp3) is 0.0870. The van der Waals surface area contributed by atoms with Crippen LogP contribution in [0.3, 0.4) is 0 Å². The summed E-state index contributed by atoms with van der Waals surface area (Å²) in [7, 11) is 0. The van der Waals surface area contributed by atoms with E-state index in [0.29, 0.717) is 0 Å². The molecule has 0 N–H and O–H groups in total. The van der Waals surface area contributed by atoms with E-state index in [9.17, 15) is 0 Å². The molecule has 3 heterocycles. The van der Waals surface area contributed by atoms with Gasteiger partial charge in [-0.05, 0) is 84.8 Å². The van der Waals surface area contributed by atoms with Crippen molar-refractivity contribution in [2.45, 2.75) is 25.7 Å². The monoisotopic (exact) mass is 628 g/mol. The molecule has 0 radical (unpaired) electrons. The van der Waals surface area contributed by atoms with Crippen LogP contribution >= 0.6 is 0 Å². The first-order chi connectivity index (χ1) is 24.3. The molecule has 3 aromatic heterocycles. The number of hydrogen-bond acceptors (Lipinski definition) is 2. The zero-order valence-corrected chi connectivity index (χ0v) is 27.0. The fourth-order valence-corrected chi connectivity index (χ4v) is 8.81. The zero-order valence-electron chi connectivity index (χ0n) is 27.0. The summed E-state index contributed by atoms with van der Waals surface area (Å²) in [6, 6.07) is 53.3. The third kappa shape index (κ3) is 3.79. The highest BCUT2D eigenvalue weighted by Crippen LogP contribution is 2.50. The molecule has 10 aromatic rings. The average Bonchev–Trinajstić information content (AvgIpc) is 3.82. The minimum atomic E-state index is 0.903. The SMILES string of the molecule is c1ccc(-c2c(N(c3cc4c5ccccc5n5c6ccccc6c(c3)c45)c3cccc4c3oc3ccccc34)ccc3c2CCCC3)cc1. The summed E-state index contributed by atoms with van der Waals surface area (Å²) < 4.78 is 9.24. The highest BCUT2D eigenvalue weighted by atomic mass is 16.3. The van der Waals surface area contributed by atoms with Crippen molar-refractivity contribution >= 4 is 77.1 Å². The Morgan fingerprint density at radius 3 is 1.94 bits per heavy atom. The Morgan fingerprint density at radius 2 is 1.16 bits per heavy atom. The number of anilines is 3. The van der Waals surface area contributed by atoms with Crippen molar-refractivity contribution in [3.8, 4) is 11.1 Å². The predicted molar refractivity (Wildman–Crippen MR) is 205 cm³/mol. The number of aryl methyl sites for hydroxylation is 1. The van der Waals surface area contributed by atoms with Gasteiger partial charge in [-0.15, -0.1) is 0 Å². The Morgan fingerprint density at radius 1 is 0.510 bits per heavy atom. The molecule has 232 valence electrons. The molecule has 0 fully saturated rings. The Balaban J connectivity index is 1.31. The molecule has 1 aliphatic rings. The first-order valence-corrected chi connectivity index (χ1v) is 17.4. The van der Waals surface area contributed by atoms with Gasteiger partial charge in [-0.1, -0.05) is 103 Å². The molecule has 1 aliphatic carbocycles. The van der Waals surface area contributed by atoms with Crippen molar-refractivity contribution in [1.82, 2.24) is 4.40 Å². The van der Waals surface area contributed by atoms with Crippen molar-refractivity contribution in [3.05, 3.63) is 157 Å². The van der Waals surface area contributed by atoms with Crippen molar-refractivity contribution in [2.24, 2.45) is 0 Å². The minimum absolute atomic E-state index is 0.903. The van der Waals surface area contributed by atoms with Crippen LogP contribution in [0.5, 0.6) is 0 Å². The Bertz CT molecular complexity index is 2810. The van der Waals surface area contributed by atoms with Gasteiger partial charge in [0.25, 0.3) is 0 Å². The Hall–Kier alpha value is -6.06. The van der Waals surface area contributed by atoms with Gasteiger partial charge in [0.15, 0.2) is 5.58 Å². The molecule has 0 aliphatic heterocycles. The van der Waals surface area contributed by atoms with E-state index in [-0.39, 0.29) is 0 Å². The van der Waals surface area contributed by atoms with Gasteiger partial charge in [-0.3, -0.25) is 0 Å². The number of nitrogens with zero attached hydrogens (tertiary/aromatic N) is 2. The molecule has 49 heavy (non-hydrogen) atoms. The smallest absolute Gasteiger partial charge is 0.159 e. The average molecular weight is 629 g/mol. The number of furan rings is 1. The zero-order chi connectivity index (χ0) is 32.1. The summed E-state index contributed by atoms with van der Waals surface area (Å²) in [4.78, 5) is 2.49. The second-order valence-corrected chi connectivity index (χ2v) is 13.5. The molecule has 3 nitrogen and oxygen atoms in total. The van der Waals surface area contributed by atoms with Crippen LogP contribution in [0.15, 0.2) is 150 Å². The number of hydrogen-bond donors (Lipinski definition) is 0. The van der Waals surface area contributed by atoms with Crippen LogP contribution < -0.4 is 4.90 Å². The molecule has 0 saturated carbocycles. The van der Waals surface area contributed by atoms with Crippen LogP contribution in [0.25, 0.3) is 71.2 Å². The van der Waals surface area contributed by atoms with Crippen molar-refractivity contribution in [1.29, 1.82) is 0 Å². The van der Waals surface area contributed by atoms with E-state index in [1.807, 2.05) is 0 Å². The number of para-hydroxylation sites is 4. The molecule has 0 saturated heterocycles. The summed E-state index contributed by atoms with van der Waals surface area (Å²) in [5.41, 5.74) is 14.5. The van der Waals surface area contributed by atoms with Crippen LogP contribution in [0, 0.1) is 0 Å². The first kappa shape index (κ1) is 26.9. The van der Waals surface area contributed by atoms with Crippen LogP contribution in [0.1, 0.15) is 24.0 Å². The van der Waals surface area contributed by atoms with E-state index in [4.69, 9.17) is 4.42 Å². The lowest BCUT2D eigenvalue weighted by atomic mass is 9.84. The number of rotatable bonds is 4. The fourth-order valence-electron chi connectivity index (χ4n) is 8.81. The van der Waals surface area contributed by atoms with Crippen molar-refractivity contribution in [2.75, 3.05) is 4.90 Å². The lowest BCUT2D eigenvalue weighted by molar-refractivity contribution is 0.669. The van der Waals surface area contributed by atoms with E-state index in [1.165, 1.54) is 78.9 Å². The number of fused-ring (bicyclic) bond motifs is 10. The summed E-state index contributed by atoms with van der Waals surface area (Å²) in [6.07, 6.45) is 4.66. The highest BCUT2D eigenvalue weighted by molar-refractivity contribution is 6.25. The quantitative estimate of drug-likeness (QED) is 0.193. The normalized spacial score (nSPS) is 13.4. The standard InChI is InChI=1S/C46H32N2O/c1-2-14-30(15-3-1)44-32-16-5-4-13-29(32)25-26-41(44)47(42-23-12-20-36-35-19-8-11-24-43(35)49-46(36)42)31-27-37-33-17-6-9-21-39(33)48-40-22-10-7-18-34(40)38(28-31)45(37)48/h1-3,6-12,14-15,17-28H,4-5,13,16H2. The lowest BCUT2D eigenvalue weighted by Gasteiger charge is -2.31. The summed E-state index contributed by atoms with van der Waals surface area (Å²) in [5, 5.41) is 7.33. The largest absolute Gasteiger partial charge is 0.454 e. The maximum Gasteiger partial charge on any atom is 0.159 e. The molecule has 0 unspecified atom stereocenters. The topological polar surface area (TPSA) is 20.8 Å². The van der Waals surface area contributed by atoms with Gasteiger partial charge < -0.3 is 13.7 Å². The van der Waals surface area contributed by atoms with Crippen LogP contribution in [0.4, 0.5) is 17.1 Å².